The summed E-state index contributed by atoms with van der Waals surface area (Å²) in [6.45, 7) is 4.09. The zero-order chi connectivity index (χ0) is 12.4. The average molecular weight is 231 g/mol. The molecule has 2 rings (SSSR count). The second-order valence-electron chi connectivity index (χ2n) is 4.11. The first-order valence-corrected chi connectivity index (χ1v) is 5.62. The number of hydrogen-bond donors (Lipinski definition) is 1. The van der Waals surface area contributed by atoms with Gasteiger partial charge in [-0.15, -0.1) is 0 Å². The largest absolute Gasteiger partial charge is 0.331 e. The summed E-state index contributed by atoms with van der Waals surface area (Å²) in [5.74, 6) is 1.46. The van der Waals surface area contributed by atoms with Crippen LogP contribution in [0.1, 0.15) is 24.2 Å². The molecule has 2 aromatic rings. The predicted octanol–water partition coefficient (Wildman–Crippen LogP) is 1.47. The van der Waals surface area contributed by atoms with Crippen molar-refractivity contribution in [3.05, 3.63) is 29.8 Å². The Morgan fingerprint density at radius 1 is 1.35 bits per heavy atom. The fourth-order valence-corrected chi connectivity index (χ4v) is 1.75. The molecule has 2 aromatic heterocycles. The van der Waals surface area contributed by atoms with Crippen LogP contribution in [0.15, 0.2) is 18.6 Å². The quantitative estimate of drug-likeness (QED) is 0.869. The van der Waals surface area contributed by atoms with Gasteiger partial charge in [0.2, 0.25) is 0 Å². The maximum atomic E-state index is 4.51. The molecule has 0 amide bonds. The molecule has 0 aliphatic rings. The molecule has 0 bridgehead atoms. The smallest absolute Gasteiger partial charge is 0.196 e. The number of nitrogens with zero attached hydrogens (tertiary/aromatic N) is 4. The second-order valence-corrected chi connectivity index (χ2v) is 4.11. The summed E-state index contributed by atoms with van der Waals surface area (Å²) in [6.07, 6.45) is 5.50. The van der Waals surface area contributed by atoms with E-state index in [1.165, 1.54) is 0 Å². The van der Waals surface area contributed by atoms with Crippen LogP contribution in [0.4, 0.5) is 0 Å². The summed E-state index contributed by atoms with van der Waals surface area (Å²) >= 11 is 0. The molecular weight excluding hydrogens is 214 g/mol. The molecule has 2 heterocycles. The molecule has 0 aromatic carbocycles. The molecule has 1 atom stereocenters. The average Bonchev–Trinajstić information content (AvgIpc) is 2.74. The second kappa shape index (κ2) is 4.63. The highest BCUT2D eigenvalue weighted by Gasteiger charge is 2.12. The van der Waals surface area contributed by atoms with Gasteiger partial charge in [-0.3, -0.25) is 0 Å². The number of hydrogen-bond acceptors (Lipinski definition) is 4. The summed E-state index contributed by atoms with van der Waals surface area (Å²) in [7, 11) is 3.86. The molecule has 0 aliphatic carbocycles. The van der Waals surface area contributed by atoms with Crippen molar-refractivity contribution >= 4 is 0 Å². The van der Waals surface area contributed by atoms with Crippen molar-refractivity contribution in [2.75, 3.05) is 7.05 Å². The van der Waals surface area contributed by atoms with Gasteiger partial charge in [-0.2, -0.15) is 0 Å². The molecule has 5 heteroatoms. The maximum absolute atomic E-state index is 4.51. The molecular formula is C12H17N5. The van der Waals surface area contributed by atoms with Crippen molar-refractivity contribution in [2.24, 2.45) is 7.05 Å². The first kappa shape index (κ1) is 11.7. The van der Waals surface area contributed by atoms with E-state index in [0.29, 0.717) is 5.82 Å². The van der Waals surface area contributed by atoms with Crippen molar-refractivity contribution in [3.63, 3.8) is 0 Å². The van der Waals surface area contributed by atoms with E-state index in [-0.39, 0.29) is 6.04 Å². The Hall–Kier alpha value is -1.75. The Morgan fingerprint density at radius 3 is 2.65 bits per heavy atom. The van der Waals surface area contributed by atoms with Crippen LogP contribution in [0.25, 0.3) is 11.6 Å². The topological polar surface area (TPSA) is 55.6 Å². The lowest BCUT2D eigenvalue weighted by Crippen LogP contribution is -2.15. The van der Waals surface area contributed by atoms with Gasteiger partial charge < -0.3 is 9.88 Å². The van der Waals surface area contributed by atoms with Gasteiger partial charge in [0.15, 0.2) is 11.6 Å². The zero-order valence-electron chi connectivity index (χ0n) is 10.6. The van der Waals surface area contributed by atoms with Gasteiger partial charge in [0.1, 0.15) is 0 Å². The lowest BCUT2D eigenvalue weighted by atomic mass is 10.1. The number of nitrogens with one attached hydrogen (secondary N) is 1. The molecule has 17 heavy (non-hydrogen) atoms. The third-order valence-electron chi connectivity index (χ3n) is 2.94. The molecule has 0 spiro atoms. The minimum atomic E-state index is 0.255. The number of aromatic nitrogens is 4. The number of aryl methyl sites for hydroxylation is 2. The zero-order valence-corrected chi connectivity index (χ0v) is 10.6. The van der Waals surface area contributed by atoms with Crippen LogP contribution >= 0.6 is 0 Å². The van der Waals surface area contributed by atoms with E-state index in [4.69, 9.17) is 0 Å². The van der Waals surface area contributed by atoms with Gasteiger partial charge in [0.05, 0.1) is 0 Å². The maximum Gasteiger partial charge on any atom is 0.196 e. The van der Waals surface area contributed by atoms with Gasteiger partial charge in [0.25, 0.3) is 0 Å². The van der Waals surface area contributed by atoms with Gasteiger partial charge in [-0.25, -0.2) is 15.0 Å². The fourth-order valence-electron chi connectivity index (χ4n) is 1.75. The van der Waals surface area contributed by atoms with E-state index in [9.17, 15) is 0 Å². The monoisotopic (exact) mass is 231 g/mol. The number of imidazole rings is 1. The standard InChI is InChI=1S/C12H17N5/c1-8(13-3)10-7-15-11(16-9(10)2)12-14-5-6-17(12)4/h5-8,13H,1-4H3. The van der Waals surface area contributed by atoms with E-state index in [1.54, 1.807) is 6.20 Å². The summed E-state index contributed by atoms with van der Waals surface area (Å²) in [5, 5.41) is 3.19. The van der Waals surface area contributed by atoms with Crippen molar-refractivity contribution in [2.45, 2.75) is 19.9 Å². The highest BCUT2D eigenvalue weighted by molar-refractivity contribution is 5.44. The molecule has 90 valence electrons. The van der Waals surface area contributed by atoms with E-state index in [2.05, 4.69) is 27.2 Å². The van der Waals surface area contributed by atoms with Gasteiger partial charge in [-0.05, 0) is 20.9 Å². The molecule has 0 fully saturated rings. The van der Waals surface area contributed by atoms with Crippen LogP contribution in [0.3, 0.4) is 0 Å². The van der Waals surface area contributed by atoms with Crippen molar-refractivity contribution in [1.82, 2.24) is 24.8 Å². The van der Waals surface area contributed by atoms with Gasteiger partial charge in [-0.1, -0.05) is 0 Å². The molecule has 0 aliphatic heterocycles. The minimum absolute atomic E-state index is 0.255. The lowest BCUT2D eigenvalue weighted by Gasteiger charge is -2.13. The molecule has 5 nitrogen and oxygen atoms in total. The highest BCUT2D eigenvalue weighted by atomic mass is 15.1. The Balaban J connectivity index is 2.41. The third kappa shape index (κ3) is 2.19. The third-order valence-corrected chi connectivity index (χ3v) is 2.94. The van der Waals surface area contributed by atoms with Crippen LogP contribution in [0, 0.1) is 6.92 Å². The molecule has 0 radical (unpaired) electrons. The van der Waals surface area contributed by atoms with Crippen molar-refractivity contribution < 1.29 is 0 Å². The predicted molar refractivity (Wildman–Crippen MR) is 66.4 cm³/mol. The van der Waals surface area contributed by atoms with Gasteiger partial charge in [0, 0.05) is 42.9 Å². The van der Waals surface area contributed by atoms with E-state index < -0.39 is 0 Å². The Morgan fingerprint density at radius 2 is 2.12 bits per heavy atom. The summed E-state index contributed by atoms with van der Waals surface area (Å²) < 4.78 is 1.91. The Kier molecular flexibility index (Phi) is 3.19. The van der Waals surface area contributed by atoms with Gasteiger partial charge >= 0.3 is 0 Å². The van der Waals surface area contributed by atoms with Crippen molar-refractivity contribution in [3.8, 4) is 11.6 Å². The molecule has 0 saturated carbocycles. The Bertz CT molecular complexity index is 517. The van der Waals surface area contributed by atoms with Crippen LogP contribution in [0.2, 0.25) is 0 Å². The highest BCUT2D eigenvalue weighted by Crippen LogP contribution is 2.17. The van der Waals surface area contributed by atoms with Crippen molar-refractivity contribution in [1.29, 1.82) is 0 Å². The molecule has 0 saturated heterocycles. The Labute approximate surface area is 101 Å². The normalized spacial score (nSPS) is 12.7. The van der Waals surface area contributed by atoms with Crippen LogP contribution in [0.5, 0.6) is 0 Å². The van der Waals surface area contributed by atoms with E-state index >= 15 is 0 Å². The molecule has 1 unspecified atom stereocenters. The fraction of sp³-hybridized carbons (Fsp3) is 0.417. The SMILES string of the molecule is CNC(C)c1cnc(-c2nccn2C)nc1C. The van der Waals surface area contributed by atoms with Crippen LogP contribution in [-0.2, 0) is 7.05 Å². The van der Waals surface area contributed by atoms with E-state index in [1.807, 2.05) is 38.0 Å². The summed E-state index contributed by atoms with van der Waals surface area (Å²) in [5.41, 5.74) is 2.10. The van der Waals surface area contributed by atoms with Crippen LogP contribution in [-0.4, -0.2) is 26.6 Å². The lowest BCUT2D eigenvalue weighted by molar-refractivity contribution is 0.640. The van der Waals surface area contributed by atoms with Crippen LogP contribution < -0.4 is 5.32 Å². The summed E-state index contributed by atoms with van der Waals surface area (Å²) in [6, 6.07) is 0.255. The minimum Gasteiger partial charge on any atom is -0.331 e. The molecule has 1 N–H and O–H groups in total. The summed E-state index contributed by atoms with van der Waals surface area (Å²) in [4.78, 5) is 13.1. The first-order valence-electron chi connectivity index (χ1n) is 5.62. The van der Waals surface area contributed by atoms with E-state index in [0.717, 1.165) is 17.1 Å². The number of rotatable bonds is 3. The first-order chi connectivity index (χ1) is 8.13.